The second kappa shape index (κ2) is 33.0. The Hall–Kier alpha value is -14.6. The molecule has 0 saturated carbocycles. The van der Waals surface area contributed by atoms with E-state index < -0.39 is 0 Å². The van der Waals surface area contributed by atoms with Gasteiger partial charge in [-0.15, -0.1) is 0 Å². The van der Waals surface area contributed by atoms with Crippen LogP contribution in [0.25, 0.3) is 162 Å². The lowest BCUT2D eigenvalue weighted by Crippen LogP contribution is -2.02. The number of rotatable bonds is 19. The normalized spacial score (nSPS) is 12.8. The predicted octanol–water partition coefficient (Wildman–Crippen LogP) is 28.2. The van der Waals surface area contributed by atoms with Gasteiger partial charge in [-0.2, -0.15) is 0 Å². The molecule has 1 aliphatic carbocycles. The molecule has 554 valence electrons. The maximum absolute atomic E-state index is 5.24. The minimum absolute atomic E-state index is 0.278. The zero-order chi connectivity index (χ0) is 79.2. The van der Waals surface area contributed by atoms with Gasteiger partial charge in [0.1, 0.15) is 0 Å². The van der Waals surface area contributed by atoms with Gasteiger partial charge < -0.3 is 0 Å². The van der Waals surface area contributed by atoms with Gasteiger partial charge in [-0.1, -0.05) is 255 Å². The van der Waals surface area contributed by atoms with E-state index in [-0.39, 0.29) is 5.92 Å². The van der Waals surface area contributed by atoms with Crippen LogP contribution in [0.5, 0.6) is 0 Å². The molecule has 0 bridgehead atoms. The standard InChI is InChI=1S/C110H84N6/c1-9-93(100(58-71(2)3)78-34-42-82(43-35-78)106-27-15-19-55-112-106)87-63-88(66-91(64-87)103-61-75(7)73(5)59-101(103)79-36-44-83(45-37-79)107-28-16-20-56-113-107)96-24-12-10-22-94(96)85-48-52-109(115-69-85)110-53-49-86(70-116-110)95-23-11-13-25-97(95)89-65-90(99-51-31-72(4)30-50-98(99)77-32-40-81(41-33-77)105-26-14-18-54-111-105)68-92(67-89)104-62-76(8)74(6)60-102(104)80-38-46-84(47-39-80)108-29-17-21-57-114-108/h9-30,32-50,52-70,99H,2H2,1,3-8H3/b93-9-,100-58-. The second-order valence-electron chi connectivity index (χ2n) is 30.0. The molecule has 0 amide bonds. The molecule has 6 nitrogen and oxygen atoms in total. The number of allylic oxidation sites excluding steroid dienone is 9. The zero-order valence-corrected chi connectivity index (χ0v) is 66.1. The van der Waals surface area contributed by atoms with Gasteiger partial charge in [-0.05, 0) is 290 Å². The lowest BCUT2D eigenvalue weighted by atomic mass is 9.82. The van der Waals surface area contributed by atoms with Crippen LogP contribution in [0, 0.1) is 39.5 Å². The summed E-state index contributed by atoms with van der Waals surface area (Å²) in [7, 11) is 0. The fraction of sp³-hybridized carbons (Fsp3) is 0.0727. The Morgan fingerprint density at radius 2 is 0.647 bits per heavy atom. The predicted molar refractivity (Wildman–Crippen MR) is 484 cm³/mol. The second-order valence-corrected chi connectivity index (χ2v) is 30.0. The number of pyridine rings is 6. The first-order valence-electron chi connectivity index (χ1n) is 39.5. The molecule has 0 N–H and O–H groups in total. The van der Waals surface area contributed by atoms with E-state index in [1.54, 1.807) is 0 Å². The van der Waals surface area contributed by atoms with E-state index in [0.29, 0.717) is 0 Å². The summed E-state index contributed by atoms with van der Waals surface area (Å²) in [5.74, 6) is 7.08. The van der Waals surface area contributed by atoms with Crippen LogP contribution in [-0.4, -0.2) is 29.9 Å². The summed E-state index contributed by atoms with van der Waals surface area (Å²) in [6.07, 6.45) is 20.2. The number of aromatic nitrogens is 6. The van der Waals surface area contributed by atoms with Gasteiger partial charge in [0.05, 0.1) is 40.1 Å². The number of aryl methyl sites for hydroxylation is 4. The van der Waals surface area contributed by atoms with Crippen molar-refractivity contribution in [3.63, 3.8) is 0 Å². The number of hydrogen-bond acceptors (Lipinski definition) is 6. The molecule has 0 radical (unpaired) electrons. The van der Waals surface area contributed by atoms with Crippen LogP contribution in [0.15, 0.2) is 383 Å². The van der Waals surface area contributed by atoms with E-state index in [4.69, 9.17) is 9.97 Å². The van der Waals surface area contributed by atoms with E-state index >= 15 is 0 Å². The molecule has 1 atom stereocenters. The summed E-state index contributed by atoms with van der Waals surface area (Å²) >= 11 is 0. The molecule has 10 aromatic carbocycles. The minimum atomic E-state index is -0.278. The Kier molecular flexibility index (Phi) is 21.1. The first-order valence-corrected chi connectivity index (χ1v) is 39.5. The van der Waals surface area contributed by atoms with Crippen molar-refractivity contribution in [2.45, 2.75) is 54.4 Å². The summed E-state index contributed by atoms with van der Waals surface area (Å²) in [5, 5.41) is 0. The highest BCUT2D eigenvalue weighted by molar-refractivity contribution is 6.07. The maximum Gasteiger partial charge on any atom is 0.0886 e. The highest BCUT2D eigenvalue weighted by Crippen LogP contribution is 2.47. The molecule has 1 unspecified atom stereocenters. The summed E-state index contributed by atoms with van der Waals surface area (Å²) in [5.41, 5.74) is 41.4. The van der Waals surface area contributed by atoms with Crippen molar-refractivity contribution in [3.8, 4) is 157 Å². The lowest BCUT2D eigenvalue weighted by molar-refractivity contribution is 1.15. The summed E-state index contributed by atoms with van der Waals surface area (Å²) < 4.78 is 0. The smallest absolute Gasteiger partial charge is 0.0886 e. The van der Waals surface area contributed by atoms with Gasteiger partial charge in [0.2, 0.25) is 0 Å². The average Bonchev–Trinajstić information content (AvgIpc) is 0.786. The van der Waals surface area contributed by atoms with Gasteiger partial charge in [0, 0.05) is 70.6 Å². The van der Waals surface area contributed by atoms with Gasteiger partial charge in [-0.25, -0.2) is 0 Å². The van der Waals surface area contributed by atoms with E-state index in [1.165, 1.54) is 22.3 Å². The van der Waals surface area contributed by atoms with Gasteiger partial charge in [0.25, 0.3) is 0 Å². The molecule has 0 fully saturated rings. The molecule has 6 heteroatoms. The summed E-state index contributed by atoms with van der Waals surface area (Å²) in [6.45, 7) is 19.6. The van der Waals surface area contributed by atoms with Crippen molar-refractivity contribution in [2.75, 3.05) is 0 Å². The Labute approximate surface area is 680 Å². The fourth-order valence-corrected chi connectivity index (χ4v) is 15.8. The summed E-state index contributed by atoms with van der Waals surface area (Å²) in [4.78, 5) is 29.2. The largest absolute Gasteiger partial charge is 0.256 e. The summed E-state index contributed by atoms with van der Waals surface area (Å²) in [6, 6.07) is 109. The molecule has 16 aromatic rings. The van der Waals surface area contributed by atoms with Gasteiger partial charge in [-0.3, -0.25) is 29.9 Å². The Morgan fingerprint density at radius 1 is 0.302 bits per heavy atom. The van der Waals surface area contributed by atoms with Crippen molar-refractivity contribution in [3.05, 3.63) is 427 Å². The zero-order valence-electron chi connectivity index (χ0n) is 66.1. The van der Waals surface area contributed by atoms with E-state index in [2.05, 4.69) is 366 Å². The van der Waals surface area contributed by atoms with Crippen LogP contribution in [0.2, 0.25) is 0 Å². The number of nitrogens with zero attached hydrogens (tertiary/aromatic N) is 6. The van der Waals surface area contributed by atoms with Crippen molar-refractivity contribution in [2.24, 2.45) is 0 Å². The average molecular weight is 1490 g/mol. The Balaban J connectivity index is 0.736. The van der Waals surface area contributed by atoms with Crippen LogP contribution < -0.4 is 0 Å². The molecule has 6 aromatic heterocycles. The fourth-order valence-electron chi connectivity index (χ4n) is 15.8. The van der Waals surface area contributed by atoms with Crippen LogP contribution in [0.3, 0.4) is 0 Å². The molecule has 0 aliphatic heterocycles. The highest BCUT2D eigenvalue weighted by Gasteiger charge is 2.25. The van der Waals surface area contributed by atoms with E-state index in [0.717, 1.165) is 196 Å². The van der Waals surface area contributed by atoms with Crippen LogP contribution >= 0.6 is 0 Å². The molecular weight excluding hydrogens is 1410 g/mol. The molecule has 0 spiro atoms. The van der Waals surface area contributed by atoms with Gasteiger partial charge >= 0.3 is 0 Å². The first kappa shape index (κ1) is 74.1. The minimum Gasteiger partial charge on any atom is -0.256 e. The van der Waals surface area contributed by atoms with Crippen molar-refractivity contribution in [1.82, 2.24) is 29.9 Å². The van der Waals surface area contributed by atoms with Crippen molar-refractivity contribution >= 4 is 16.7 Å². The Morgan fingerprint density at radius 3 is 1.03 bits per heavy atom. The highest BCUT2D eigenvalue weighted by atomic mass is 14.8. The quantitative estimate of drug-likeness (QED) is 0.0593. The SMILES string of the molecule is C=C(C)/C=C(\C(=C/C)c1cc(-c2ccccc2-c2ccc(-c3ccc(-c4ccccc4-c4cc(-c5cc(C)c(C)cc5-c5ccc(-c6ccccn6)cc5)cc(C5C#CC(C)=CC=C5c5ccc(-c6ccccn6)cc5)c4)cn3)nc2)cc(-c2cc(C)c(C)cc2-c2ccc(-c3ccccn3)cc2)c1)c1ccc(-c2ccccn2)cc1. The third-order valence-electron chi connectivity index (χ3n) is 22.2. The maximum atomic E-state index is 5.24. The monoisotopic (exact) mass is 1490 g/mol. The van der Waals surface area contributed by atoms with Crippen LogP contribution in [-0.2, 0) is 0 Å². The van der Waals surface area contributed by atoms with Crippen molar-refractivity contribution in [1.29, 1.82) is 0 Å². The van der Waals surface area contributed by atoms with Crippen LogP contribution in [0.4, 0.5) is 0 Å². The van der Waals surface area contributed by atoms with Crippen LogP contribution in [0.1, 0.15) is 71.2 Å². The third-order valence-corrected chi connectivity index (χ3v) is 22.2. The van der Waals surface area contributed by atoms with E-state index in [1.807, 2.05) is 85.7 Å². The number of hydrogen-bond donors (Lipinski definition) is 0. The third kappa shape index (κ3) is 15.7. The lowest BCUT2D eigenvalue weighted by Gasteiger charge is -2.21. The van der Waals surface area contributed by atoms with Crippen molar-refractivity contribution < 1.29 is 0 Å². The molecule has 116 heavy (non-hydrogen) atoms. The van der Waals surface area contributed by atoms with Gasteiger partial charge in [0.15, 0.2) is 0 Å². The topological polar surface area (TPSA) is 77.3 Å². The van der Waals surface area contributed by atoms with E-state index in [9.17, 15) is 0 Å². The number of benzene rings is 10. The molecule has 17 rings (SSSR count). The molecule has 0 saturated heterocycles. The molecule has 1 aliphatic rings. The molecular formula is C110H84N6. The molecule has 6 heterocycles. The first-order chi connectivity index (χ1) is 56.8. The Bertz CT molecular complexity index is 6570.